The van der Waals surface area contributed by atoms with Gasteiger partial charge in [0.15, 0.2) is 0 Å². The minimum absolute atomic E-state index is 0.0716. The zero-order valence-electron chi connectivity index (χ0n) is 13.3. The molecular weight excluding hydrogens is 302 g/mol. The number of ether oxygens (including phenoxy) is 1. The minimum atomic E-state index is -0.0716. The van der Waals surface area contributed by atoms with E-state index in [9.17, 15) is 9.90 Å². The Morgan fingerprint density at radius 2 is 2.12 bits per heavy atom. The van der Waals surface area contributed by atoms with Gasteiger partial charge in [0.2, 0.25) is 6.41 Å². The summed E-state index contributed by atoms with van der Waals surface area (Å²) in [6.07, 6.45) is 7.86. The van der Waals surface area contributed by atoms with Crippen LogP contribution in [0.25, 0.3) is 11.1 Å². The summed E-state index contributed by atoms with van der Waals surface area (Å²) >= 11 is 0. The fraction of sp³-hybridized carbons (Fsp3) is 0.250. The van der Waals surface area contributed by atoms with Crippen LogP contribution in [0, 0.1) is 12.3 Å². The van der Waals surface area contributed by atoms with Crippen molar-refractivity contribution in [1.82, 2.24) is 5.32 Å². The molecule has 2 N–H and O–H groups in total. The van der Waals surface area contributed by atoms with Gasteiger partial charge in [-0.25, -0.2) is 0 Å². The number of fused-ring (bicyclic) bond motifs is 1. The number of nitrogens with one attached hydrogen (secondary N) is 1. The van der Waals surface area contributed by atoms with Crippen LogP contribution in [-0.2, 0) is 24.4 Å². The number of rotatable bonds is 5. The highest BCUT2D eigenvalue weighted by Crippen LogP contribution is 2.40. The molecule has 1 aliphatic heterocycles. The smallest absolute Gasteiger partial charge is 0.207 e. The van der Waals surface area contributed by atoms with Gasteiger partial charge in [-0.1, -0.05) is 18.1 Å². The van der Waals surface area contributed by atoms with E-state index in [4.69, 9.17) is 11.2 Å². The standard InChI is InChI=1S/C20H19NO3/c1-2-14-5-7-15(8-6-14)18-10-16(11-21-13-23)19(12-22)17-4-3-9-24-20(17)18/h1,5-8,10,13,22H,3-4,9,11-12H2,(H,21,23). The number of aliphatic hydroxyl groups excluding tert-OH is 1. The van der Waals surface area contributed by atoms with E-state index in [0.29, 0.717) is 19.6 Å². The van der Waals surface area contributed by atoms with Crippen molar-refractivity contribution >= 4 is 6.41 Å². The molecule has 24 heavy (non-hydrogen) atoms. The van der Waals surface area contributed by atoms with Gasteiger partial charge >= 0.3 is 0 Å². The van der Waals surface area contributed by atoms with E-state index >= 15 is 0 Å². The Bertz CT molecular complexity index is 788. The molecule has 1 aliphatic rings. The first-order valence-corrected chi connectivity index (χ1v) is 7.94. The van der Waals surface area contributed by atoms with Crippen molar-refractivity contribution in [3.05, 3.63) is 52.6 Å². The summed E-state index contributed by atoms with van der Waals surface area (Å²) in [7, 11) is 0. The molecule has 2 aromatic carbocycles. The number of benzene rings is 2. The van der Waals surface area contributed by atoms with Gasteiger partial charge in [-0.2, -0.15) is 0 Å². The van der Waals surface area contributed by atoms with Gasteiger partial charge in [-0.3, -0.25) is 4.79 Å². The van der Waals surface area contributed by atoms with E-state index in [1.165, 1.54) is 0 Å². The normalized spacial score (nSPS) is 12.7. The van der Waals surface area contributed by atoms with Crippen molar-refractivity contribution in [3.8, 4) is 29.2 Å². The van der Waals surface area contributed by atoms with Crippen LogP contribution in [0.3, 0.4) is 0 Å². The van der Waals surface area contributed by atoms with E-state index in [1.807, 2.05) is 30.3 Å². The average molecular weight is 321 g/mol. The van der Waals surface area contributed by atoms with Gasteiger partial charge in [0.1, 0.15) is 5.75 Å². The van der Waals surface area contributed by atoms with E-state index in [-0.39, 0.29) is 6.61 Å². The number of carbonyl (C=O) groups is 1. The van der Waals surface area contributed by atoms with Crippen molar-refractivity contribution in [2.45, 2.75) is 26.0 Å². The monoisotopic (exact) mass is 321 g/mol. The summed E-state index contributed by atoms with van der Waals surface area (Å²) in [6, 6.07) is 9.72. The maximum Gasteiger partial charge on any atom is 0.207 e. The van der Waals surface area contributed by atoms with Crippen LogP contribution in [-0.4, -0.2) is 18.1 Å². The maximum absolute atomic E-state index is 10.7. The Balaban J connectivity index is 2.16. The van der Waals surface area contributed by atoms with E-state index in [0.717, 1.165) is 52.0 Å². The first kappa shape index (κ1) is 16.1. The molecule has 0 saturated heterocycles. The zero-order valence-corrected chi connectivity index (χ0v) is 13.3. The first-order valence-electron chi connectivity index (χ1n) is 7.94. The lowest BCUT2D eigenvalue weighted by Crippen LogP contribution is -2.17. The van der Waals surface area contributed by atoms with Crippen molar-refractivity contribution in [3.63, 3.8) is 0 Å². The Hall–Kier alpha value is -2.77. The van der Waals surface area contributed by atoms with Crippen LogP contribution in [0.15, 0.2) is 30.3 Å². The predicted molar refractivity (Wildman–Crippen MR) is 92.5 cm³/mol. The highest BCUT2D eigenvalue weighted by atomic mass is 16.5. The quantitative estimate of drug-likeness (QED) is 0.657. The van der Waals surface area contributed by atoms with Crippen LogP contribution in [0.4, 0.5) is 0 Å². The third-order valence-electron chi connectivity index (χ3n) is 4.30. The molecule has 4 heteroatoms. The molecular formula is C20H19NO3. The fourth-order valence-electron chi connectivity index (χ4n) is 3.14. The molecule has 0 unspecified atom stereocenters. The van der Waals surface area contributed by atoms with Crippen molar-refractivity contribution in [1.29, 1.82) is 0 Å². The highest BCUT2D eigenvalue weighted by molar-refractivity contribution is 5.75. The SMILES string of the molecule is C#Cc1ccc(-c2cc(CNC=O)c(CO)c3c2OCCC3)cc1. The molecule has 3 rings (SSSR count). The number of hydrogen-bond donors (Lipinski definition) is 2. The second-order valence-corrected chi connectivity index (χ2v) is 5.70. The van der Waals surface area contributed by atoms with Crippen LogP contribution in [0.5, 0.6) is 5.75 Å². The number of hydrogen-bond acceptors (Lipinski definition) is 3. The van der Waals surface area contributed by atoms with Gasteiger partial charge in [0.25, 0.3) is 0 Å². The summed E-state index contributed by atoms with van der Waals surface area (Å²) in [5, 5.41) is 12.5. The second-order valence-electron chi connectivity index (χ2n) is 5.70. The third kappa shape index (κ3) is 2.99. The molecule has 0 aromatic heterocycles. The van der Waals surface area contributed by atoms with E-state index < -0.39 is 0 Å². The third-order valence-corrected chi connectivity index (χ3v) is 4.30. The summed E-state index contributed by atoms with van der Waals surface area (Å²) in [5.41, 5.74) is 5.58. The van der Waals surface area contributed by atoms with Gasteiger partial charge in [-0.05, 0) is 47.7 Å². The number of aliphatic hydroxyl groups is 1. The van der Waals surface area contributed by atoms with Crippen LogP contribution < -0.4 is 10.1 Å². The van der Waals surface area contributed by atoms with Gasteiger partial charge in [-0.15, -0.1) is 6.42 Å². The maximum atomic E-state index is 10.7. The fourth-order valence-corrected chi connectivity index (χ4v) is 3.14. The molecule has 0 radical (unpaired) electrons. The van der Waals surface area contributed by atoms with Crippen LogP contribution >= 0.6 is 0 Å². The molecule has 2 aromatic rings. The predicted octanol–water partition coefficient (Wildman–Crippen LogP) is 2.40. The highest BCUT2D eigenvalue weighted by Gasteiger charge is 2.22. The minimum Gasteiger partial charge on any atom is -0.493 e. The molecule has 0 atom stereocenters. The van der Waals surface area contributed by atoms with Gasteiger partial charge in [0.05, 0.1) is 13.2 Å². The molecule has 0 saturated carbocycles. The van der Waals surface area contributed by atoms with E-state index in [1.54, 1.807) is 0 Å². The van der Waals surface area contributed by atoms with Crippen LogP contribution in [0.1, 0.15) is 28.7 Å². The van der Waals surface area contributed by atoms with Crippen molar-refractivity contribution in [2.24, 2.45) is 0 Å². The van der Waals surface area contributed by atoms with Crippen LogP contribution in [0.2, 0.25) is 0 Å². The van der Waals surface area contributed by atoms with Gasteiger partial charge < -0.3 is 15.2 Å². The van der Waals surface area contributed by atoms with Crippen molar-refractivity contribution in [2.75, 3.05) is 6.61 Å². The van der Waals surface area contributed by atoms with Crippen molar-refractivity contribution < 1.29 is 14.6 Å². The summed E-state index contributed by atoms with van der Waals surface area (Å²) < 4.78 is 5.93. The molecule has 0 fully saturated rings. The van der Waals surface area contributed by atoms with E-state index in [2.05, 4.69) is 11.2 Å². The zero-order chi connectivity index (χ0) is 16.9. The number of terminal acetylenes is 1. The summed E-state index contributed by atoms with van der Waals surface area (Å²) in [5.74, 6) is 3.44. The molecule has 1 heterocycles. The first-order chi connectivity index (χ1) is 11.8. The number of carbonyl (C=O) groups excluding carboxylic acids is 1. The molecule has 122 valence electrons. The molecule has 0 aliphatic carbocycles. The molecule has 0 bridgehead atoms. The summed E-state index contributed by atoms with van der Waals surface area (Å²) in [6.45, 7) is 0.971. The molecule has 0 spiro atoms. The Labute approximate surface area is 141 Å². The van der Waals surface area contributed by atoms with Gasteiger partial charge in [0, 0.05) is 23.2 Å². The molecule has 1 amide bonds. The Morgan fingerprint density at radius 1 is 1.33 bits per heavy atom. The summed E-state index contributed by atoms with van der Waals surface area (Å²) in [4.78, 5) is 10.7. The molecule has 4 nitrogen and oxygen atoms in total. The average Bonchev–Trinajstić information content (AvgIpc) is 2.65. The lowest BCUT2D eigenvalue weighted by molar-refractivity contribution is -0.109. The largest absolute Gasteiger partial charge is 0.493 e. The lowest BCUT2D eigenvalue weighted by Gasteiger charge is -2.25. The lowest BCUT2D eigenvalue weighted by atomic mass is 9.89. The second kappa shape index (κ2) is 7.20. The topological polar surface area (TPSA) is 58.6 Å². The Morgan fingerprint density at radius 3 is 2.79 bits per heavy atom. The Kier molecular flexibility index (Phi) is 4.83. The number of amides is 1.